The third-order valence-corrected chi connectivity index (χ3v) is 4.17. The van der Waals surface area contributed by atoms with Gasteiger partial charge in [-0.05, 0) is 25.1 Å². The second kappa shape index (κ2) is 4.35. The van der Waals surface area contributed by atoms with E-state index >= 15 is 0 Å². The lowest BCUT2D eigenvalue weighted by molar-refractivity contribution is -0.0849. The van der Waals surface area contributed by atoms with Crippen LogP contribution in [0.1, 0.15) is 36.5 Å². The summed E-state index contributed by atoms with van der Waals surface area (Å²) in [5.74, 6) is 0.882. The molecule has 2 aliphatic heterocycles. The van der Waals surface area contributed by atoms with Gasteiger partial charge in [0.2, 0.25) is 0 Å². The van der Waals surface area contributed by atoms with Crippen molar-refractivity contribution >= 4 is 21.7 Å². The number of carbonyl (C=O) groups excluding carboxylic acids is 1. The highest BCUT2D eigenvalue weighted by atomic mass is 79.9. The molecule has 2 atom stereocenters. The molecule has 3 nitrogen and oxygen atoms in total. The smallest absolute Gasteiger partial charge is 0.170 e. The number of Topliss-reactive ketones (excluding diaryl/α,β-unsaturated/α-hetero) is 1. The minimum atomic E-state index is -0.359. The number of ether oxygens (including phenoxy) is 2. The first kappa shape index (κ1) is 12.2. The predicted molar refractivity (Wildman–Crippen MR) is 71.1 cm³/mol. The summed E-state index contributed by atoms with van der Waals surface area (Å²) in [5, 5.41) is 0. The zero-order chi connectivity index (χ0) is 12.8. The summed E-state index contributed by atoms with van der Waals surface area (Å²) >= 11 is 3.42. The van der Waals surface area contributed by atoms with Gasteiger partial charge in [0, 0.05) is 17.3 Å². The lowest BCUT2D eigenvalue weighted by atomic mass is 9.82. The van der Waals surface area contributed by atoms with Gasteiger partial charge in [0.1, 0.15) is 11.4 Å². The highest BCUT2D eigenvalue weighted by Gasteiger charge is 2.43. The van der Waals surface area contributed by atoms with E-state index in [-0.39, 0.29) is 17.5 Å². The normalized spacial score (nSPS) is 31.0. The van der Waals surface area contributed by atoms with Crippen molar-refractivity contribution in [1.82, 2.24) is 0 Å². The first-order chi connectivity index (χ1) is 8.58. The number of hydrogen-bond acceptors (Lipinski definition) is 3. The molecule has 1 spiro atoms. The fourth-order valence-electron chi connectivity index (χ4n) is 2.85. The topological polar surface area (TPSA) is 35.5 Å². The summed E-state index contributed by atoms with van der Waals surface area (Å²) in [6, 6.07) is 5.59. The van der Waals surface area contributed by atoms with Crippen molar-refractivity contribution in [3.8, 4) is 5.75 Å². The van der Waals surface area contributed by atoms with Crippen molar-refractivity contribution in [1.29, 1.82) is 0 Å². The molecule has 2 heterocycles. The third kappa shape index (κ3) is 2.08. The first-order valence-corrected chi connectivity index (χ1v) is 7.01. The van der Waals surface area contributed by atoms with Crippen LogP contribution in [0.3, 0.4) is 0 Å². The molecule has 1 aromatic rings. The number of hydrogen-bond donors (Lipinski definition) is 0. The number of carbonyl (C=O) groups is 1. The number of ketones is 1. The van der Waals surface area contributed by atoms with E-state index in [0.717, 1.165) is 17.3 Å². The van der Waals surface area contributed by atoms with Gasteiger partial charge in [-0.25, -0.2) is 0 Å². The number of halogens is 1. The third-order valence-electron chi connectivity index (χ3n) is 3.67. The molecule has 2 aliphatic rings. The van der Waals surface area contributed by atoms with E-state index in [9.17, 15) is 4.79 Å². The molecule has 0 radical (unpaired) electrons. The Hall–Kier alpha value is -0.870. The second-order valence-electron chi connectivity index (χ2n) is 5.16. The first-order valence-electron chi connectivity index (χ1n) is 6.21. The summed E-state index contributed by atoms with van der Waals surface area (Å²) < 4.78 is 12.6. The Morgan fingerprint density at radius 3 is 3.06 bits per heavy atom. The second-order valence-corrected chi connectivity index (χ2v) is 6.08. The zero-order valence-electron chi connectivity index (χ0n) is 10.2. The van der Waals surface area contributed by atoms with E-state index < -0.39 is 0 Å². The van der Waals surface area contributed by atoms with Gasteiger partial charge in [-0.1, -0.05) is 15.9 Å². The van der Waals surface area contributed by atoms with Gasteiger partial charge in [0.25, 0.3) is 0 Å². The van der Waals surface area contributed by atoms with Crippen LogP contribution in [0.15, 0.2) is 22.7 Å². The Morgan fingerprint density at radius 2 is 2.28 bits per heavy atom. The van der Waals surface area contributed by atoms with Gasteiger partial charge in [0.05, 0.1) is 24.7 Å². The molecule has 0 aromatic heterocycles. The molecule has 18 heavy (non-hydrogen) atoms. The van der Waals surface area contributed by atoms with Gasteiger partial charge in [-0.3, -0.25) is 4.79 Å². The van der Waals surface area contributed by atoms with Crippen LogP contribution in [-0.4, -0.2) is 24.1 Å². The molecule has 1 fully saturated rings. The van der Waals surface area contributed by atoms with Crippen molar-refractivity contribution in [3.05, 3.63) is 28.2 Å². The number of fused-ring (bicyclic) bond motifs is 1. The van der Waals surface area contributed by atoms with Crippen molar-refractivity contribution in [2.24, 2.45) is 0 Å². The van der Waals surface area contributed by atoms with Crippen molar-refractivity contribution in [3.63, 3.8) is 0 Å². The molecule has 0 N–H and O–H groups in total. The Kier molecular flexibility index (Phi) is 2.94. The molecule has 1 aromatic carbocycles. The maximum absolute atomic E-state index is 12.2. The Balaban J connectivity index is 1.97. The number of benzene rings is 1. The lowest BCUT2D eigenvalue weighted by Gasteiger charge is -2.42. The minimum Gasteiger partial charge on any atom is -0.486 e. The number of rotatable bonds is 0. The summed E-state index contributed by atoms with van der Waals surface area (Å²) in [7, 11) is 0. The minimum absolute atomic E-state index is 0.153. The fourth-order valence-corrected chi connectivity index (χ4v) is 3.19. The maximum Gasteiger partial charge on any atom is 0.170 e. The van der Waals surface area contributed by atoms with Gasteiger partial charge in [-0.15, -0.1) is 0 Å². The van der Waals surface area contributed by atoms with E-state index in [4.69, 9.17) is 9.47 Å². The van der Waals surface area contributed by atoms with Crippen LogP contribution in [0, 0.1) is 0 Å². The highest BCUT2D eigenvalue weighted by Crippen LogP contribution is 2.41. The average Bonchev–Trinajstić information content (AvgIpc) is 2.27. The SMILES string of the molecule is CC1CC2(CCO1)CC(=O)c1ccc(Br)cc1O2. The van der Waals surface area contributed by atoms with Gasteiger partial charge in [0.15, 0.2) is 5.78 Å². The molecule has 1 saturated heterocycles. The maximum atomic E-state index is 12.2. The molecular weight excluding hydrogens is 296 g/mol. The zero-order valence-corrected chi connectivity index (χ0v) is 11.8. The summed E-state index contributed by atoms with van der Waals surface area (Å²) in [6.45, 7) is 2.70. The Labute approximate surface area is 115 Å². The lowest BCUT2D eigenvalue weighted by Crippen LogP contribution is -2.48. The van der Waals surface area contributed by atoms with Gasteiger partial charge >= 0.3 is 0 Å². The molecule has 0 aliphatic carbocycles. The van der Waals surface area contributed by atoms with E-state index in [1.165, 1.54) is 0 Å². The largest absolute Gasteiger partial charge is 0.486 e. The van der Waals surface area contributed by atoms with E-state index in [0.29, 0.717) is 24.3 Å². The van der Waals surface area contributed by atoms with Crippen LogP contribution in [0.2, 0.25) is 0 Å². The Bertz CT molecular complexity index is 500. The molecule has 0 amide bonds. The quantitative estimate of drug-likeness (QED) is 0.737. The average molecular weight is 311 g/mol. The monoisotopic (exact) mass is 310 g/mol. The molecule has 96 valence electrons. The van der Waals surface area contributed by atoms with E-state index in [1.807, 2.05) is 25.1 Å². The van der Waals surface area contributed by atoms with Crippen LogP contribution in [0.5, 0.6) is 5.75 Å². The van der Waals surface area contributed by atoms with Crippen molar-refractivity contribution < 1.29 is 14.3 Å². The van der Waals surface area contributed by atoms with E-state index in [1.54, 1.807) is 0 Å². The van der Waals surface area contributed by atoms with Crippen LogP contribution in [-0.2, 0) is 4.74 Å². The summed E-state index contributed by atoms with van der Waals surface area (Å²) in [4.78, 5) is 12.2. The molecular formula is C14H15BrO3. The molecule has 3 rings (SSSR count). The van der Waals surface area contributed by atoms with Gasteiger partial charge < -0.3 is 9.47 Å². The molecule has 0 bridgehead atoms. The molecule has 2 unspecified atom stereocenters. The summed E-state index contributed by atoms with van der Waals surface area (Å²) in [5.41, 5.74) is 0.339. The van der Waals surface area contributed by atoms with Crippen molar-refractivity contribution in [2.45, 2.75) is 37.9 Å². The van der Waals surface area contributed by atoms with Crippen LogP contribution in [0.4, 0.5) is 0 Å². The molecule has 0 saturated carbocycles. The van der Waals surface area contributed by atoms with Crippen molar-refractivity contribution in [2.75, 3.05) is 6.61 Å². The highest BCUT2D eigenvalue weighted by molar-refractivity contribution is 9.10. The summed E-state index contributed by atoms with van der Waals surface area (Å²) in [6.07, 6.45) is 2.19. The molecule has 4 heteroatoms. The van der Waals surface area contributed by atoms with Gasteiger partial charge in [-0.2, -0.15) is 0 Å². The van der Waals surface area contributed by atoms with Crippen LogP contribution < -0.4 is 4.74 Å². The van der Waals surface area contributed by atoms with E-state index in [2.05, 4.69) is 15.9 Å². The fraction of sp³-hybridized carbons (Fsp3) is 0.500. The standard InChI is InChI=1S/C14H15BrO3/c1-9-7-14(4-5-17-9)8-12(16)11-3-2-10(15)6-13(11)18-14/h2-3,6,9H,4-5,7-8H2,1H3. The van der Waals surface area contributed by atoms with Crippen LogP contribution >= 0.6 is 15.9 Å². The predicted octanol–water partition coefficient (Wildman–Crippen LogP) is 3.35. The van der Waals surface area contributed by atoms with Crippen LogP contribution in [0.25, 0.3) is 0 Å². The Morgan fingerprint density at radius 1 is 1.44 bits per heavy atom.